The molecule has 5 heteroatoms. The first-order valence-corrected chi connectivity index (χ1v) is 5.46. The quantitative estimate of drug-likeness (QED) is 0.744. The van der Waals surface area contributed by atoms with Gasteiger partial charge in [-0.25, -0.2) is 4.98 Å². The molecule has 0 bridgehead atoms. The molecule has 0 aromatic carbocycles. The van der Waals surface area contributed by atoms with Crippen LogP contribution in [0.1, 0.15) is 19.7 Å². The van der Waals surface area contributed by atoms with Crippen molar-refractivity contribution in [3.63, 3.8) is 0 Å². The minimum atomic E-state index is 0.557. The van der Waals surface area contributed by atoms with Crippen LogP contribution in [0.2, 0.25) is 0 Å². The van der Waals surface area contributed by atoms with Crippen molar-refractivity contribution in [1.82, 2.24) is 25.0 Å². The van der Waals surface area contributed by atoms with Crippen LogP contribution in [0.5, 0.6) is 0 Å². The molecule has 0 spiro atoms. The third kappa shape index (κ3) is 2.54. The Bertz CT molecular complexity index is 311. The van der Waals surface area contributed by atoms with E-state index in [-0.39, 0.29) is 0 Å². The summed E-state index contributed by atoms with van der Waals surface area (Å²) in [7, 11) is 1.94. The Morgan fingerprint density at radius 3 is 2.60 bits per heavy atom. The van der Waals surface area contributed by atoms with Crippen LogP contribution in [0.25, 0.3) is 0 Å². The van der Waals surface area contributed by atoms with E-state index < -0.39 is 0 Å². The first-order chi connectivity index (χ1) is 7.15. The second kappa shape index (κ2) is 4.28. The molecule has 84 valence electrons. The Kier molecular flexibility index (Phi) is 3.02. The monoisotopic (exact) mass is 209 g/mol. The number of hydrogen-bond donors (Lipinski definition) is 1. The molecule has 5 nitrogen and oxygen atoms in total. The van der Waals surface area contributed by atoms with Gasteiger partial charge in [0.1, 0.15) is 12.2 Å². The predicted molar refractivity (Wildman–Crippen MR) is 58.3 cm³/mol. The van der Waals surface area contributed by atoms with Crippen molar-refractivity contribution in [2.75, 3.05) is 13.1 Å². The van der Waals surface area contributed by atoms with Crippen LogP contribution in [0.3, 0.4) is 0 Å². The van der Waals surface area contributed by atoms with E-state index in [0.29, 0.717) is 12.1 Å². The average Bonchev–Trinajstić information content (AvgIpc) is 2.50. The minimum absolute atomic E-state index is 0.557. The van der Waals surface area contributed by atoms with Crippen LogP contribution < -0.4 is 5.32 Å². The summed E-state index contributed by atoms with van der Waals surface area (Å²) in [5.41, 5.74) is 0. The van der Waals surface area contributed by atoms with E-state index in [9.17, 15) is 0 Å². The molecule has 1 aliphatic rings. The van der Waals surface area contributed by atoms with E-state index in [0.717, 1.165) is 25.5 Å². The largest absolute Gasteiger partial charge is 0.309 e. The third-order valence-electron chi connectivity index (χ3n) is 2.80. The molecule has 0 aliphatic carbocycles. The lowest BCUT2D eigenvalue weighted by Gasteiger charge is -2.35. The normalized spacial score (nSPS) is 28.2. The van der Waals surface area contributed by atoms with Crippen LogP contribution in [0.4, 0.5) is 0 Å². The van der Waals surface area contributed by atoms with Crippen LogP contribution in [0, 0.1) is 0 Å². The molecular formula is C10H19N5. The number of aryl methyl sites for hydroxylation is 1. The molecule has 0 amide bonds. The van der Waals surface area contributed by atoms with Crippen molar-refractivity contribution in [2.45, 2.75) is 32.5 Å². The lowest BCUT2D eigenvalue weighted by atomic mass is 10.1. The van der Waals surface area contributed by atoms with Gasteiger partial charge >= 0.3 is 0 Å². The summed E-state index contributed by atoms with van der Waals surface area (Å²) < 4.78 is 1.84. The van der Waals surface area contributed by atoms with Crippen molar-refractivity contribution >= 4 is 0 Å². The molecule has 1 aromatic heterocycles. The standard InChI is InChI=1S/C10H19N5/c1-8-4-15(5-9(2)13-8)6-10-11-7-12-14(10)3/h7-9,13H,4-6H2,1-3H3. The Labute approximate surface area is 90.5 Å². The maximum Gasteiger partial charge on any atom is 0.140 e. The molecule has 1 N–H and O–H groups in total. The number of rotatable bonds is 2. The highest BCUT2D eigenvalue weighted by atomic mass is 15.3. The summed E-state index contributed by atoms with van der Waals surface area (Å²) in [6, 6.07) is 1.11. The van der Waals surface area contributed by atoms with Gasteiger partial charge in [-0.1, -0.05) is 0 Å². The smallest absolute Gasteiger partial charge is 0.140 e. The van der Waals surface area contributed by atoms with Crippen molar-refractivity contribution in [2.24, 2.45) is 7.05 Å². The topological polar surface area (TPSA) is 46.0 Å². The highest BCUT2D eigenvalue weighted by Crippen LogP contribution is 2.07. The zero-order valence-electron chi connectivity index (χ0n) is 9.64. The van der Waals surface area contributed by atoms with Gasteiger partial charge in [-0.3, -0.25) is 9.58 Å². The van der Waals surface area contributed by atoms with Gasteiger partial charge in [0.15, 0.2) is 0 Å². The number of nitrogens with one attached hydrogen (secondary N) is 1. The van der Waals surface area contributed by atoms with Gasteiger partial charge in [0.2, 0.25) is 0 Å². The van der Waals surface area contributed by atoms with E-state index in [2.05, 4.69) is 34.1 Å². The molecule has 15 heavy (non-hydrogen) atoms. The first-order valence-electron chi connectivity index (χ1n) is 5.46. The van der Waals surface area contributed by atoms with Gasteiger partial charge < -0.3 is 5.32 Å². The molecular weight excluding hydrogens is 190 g/mol. The highest BCUT2D eigenvalue weighted by Gasteiger charge is 2.21. The molecule has 2 heterocycles. The van der Waals surface area contributed by atoms with Crippen LogP contribution in [-0.2, 0) is 13.6 Å². The molecule has 2 atom stereocenters. The van der Waals surface area contributed by atoms with E-state index in [1.54, 1.807) is 6.33 Å². The lowest BCUT2D eigenvalue weighted by molar-refractivity contribution is 0.161. The minimum Gasteiger partial charge on any atom is -0.309 e. The Hall–Kier alpha value is -0.940. The fourth-order valence-electron chi connectivity index (χ4n) is 2.23. The van der Waals surface area contributed by atoms with Crippen LogP contribution in [-0.4, -0.2) is 44.8 Å². The predicted octanol–water partition coefficient (Wildman–Crippen LogP) is -0.00270. The third-order valence-corrected chi connectivity index (χ3v) is 2.80. The van der Waals surface area contributed by atoms with Crippen molar-refractivity contribution in [1.29, 1.82) is 0 Å². The van der Waals surface area contributed by atoms with Crippen molar-refractivity contribution in [3.05, 3.63) is 12.2 Å². The summed E-state index contributed by atoms with van der Waals surface area (Å²) >= 11 is 0. The van der Waals surface area contributed by atoms with Crippen LogP contribution in [0.15, 0.2) is 6.33 Å². The SMILES string of the molecule is CC1CN(Cc2ncnn2C)CC(C)N1. The molecule has 1 aliphatic heterocycles. The summed E-state index contributed by atoms with van der Waals surface area (Å²) in [6.07, 6.45) is 1.62. The summed E-state index contributed by atoms with van der Waals surface area (Å²) in [6.45, 7) is 7.50. The van der Waals surface area contributed by atoms with Crippen molar-refractivity contribution < 1.29 is 0 Å². The van der Waals surface area contributed by atoms with E-state index >= 15 is 0 Å². The number of hydrogen-bond acceptors (Lipinski definition) is 4. The Balaban J connectivity index is 1.97. The maximum absolute atomic E-state index is 4.25. The Morgan fingerprint density at radius 2 is 2.07 bits per heavy atom. The summed E-state index contributed by atoms with van der Waals surface area (Å²) in [4.78, 5) is 6.68. The summed E-state index contributed by atoms with van der Waals surface area (Å²) in [5.74, 6) is 1.04. The molecule has 0 radical (unpaired) electrons. The second-order valence-corrected chi connectivity index (χ2v) is 4.46. The molecule has 1 fully saturated rings. The average molecular weight is 209 g/mol. The van der Waals surface area contributed by atoms with Crippen LogP contribution >= 0.6 is 0 Å². The first kappa shape index (κ1) is 10.6. The van der Waals surface area contributed by atoms with E-state index in [1.165, 1.54) is 0 Å². The van der Waals surface area contributed by atoms with Crippen molar-refractivity contribution in [3.8, 4) is 0 Å². The van der Waals surface area contributed by atoms with Gasteiger partial charge in [-0.15, -0.1) is 0 Å². The van der Waals surface area contributed by atoms with E-state index in [4.69, 9.17) is 0 Å². The zero-order chi connectivity index (χ0) is 10.8. The van der Waals surface area contributed by atoms with Gasteiger partial charge in [0, 0.05) is 32.2 Å². The molecule has 1 saturated heterocycles. The molecule has 2 rings (SSSR count). The maximum atomic E-state index is 4.25. The number of piperazine rings is 1. The number of nitrogens with zero attached hydrogens (tertiary/aromatic N) is 4. The van der Waals surface area contributed by atoms with E-state index in [1.807, 2.05) is 11.7 Å². The lowest BCUT2D eigenvalue weighted by Crippen LogP contribution is -2.53. The van der Waals surface area contributed by atoms with Gasteiger partial charge in [0.05, 0.1) is 6.54 Å². The molecule has 1 aromatic rings. The fraction of sp³-hybridized carbons (Fsp3) is 0.800. The summed E-state index contributed by atoms with van der Waals surface area (Å²) in [5, 5.41) is 7.60. The van der Waals surface area contributed by atoms with Gasteiger partial charge in [-0.05, 0) is 13.8 Å². The zero-order valence-corrected chi connectivity index (χ0v) is 9.64. The highest BCUT2D eigenvalue weighted by molar-refractivity contribution is 4.88. The van der Waals surface area contributed by atoms with Gasteiger partial charge in [-0.2, -0.15) is 5.10 Å². The molecule has 2 unspecified atom stereocenters. The number of aromatic nitrogens is 3. The molecule has 0 saturated carbocycles. The Morgan fingerprint density at radius 1 is 1.40 bits per heavy atom. The fourth-order valence-corrected chi connectivity index (χ4v) is 2.23. The second-order valence-electron chi connectivity index (χ2n) is 4.46. The van der Waals surface area contributed by atoms with Gasteiger partial charge in [0.25, 0.3) is 0 Å².